The lowest BCUT2D eigenvalue weighted by molar-refractivity contribution is 0.103. The molecule has 2 nitrogen and oxygen atoms in total. The zero-order chi connectivity index (χ0) is 10.8. The molecule has 0 aliphatic heterocycles. The molecule has 0 radical (unpaired) electrons. The van der Waals surface area contributed by atoms with E-state index in [1.165, 1.54) is 11.3 Å². The van der Waals surface area contributed by atoms with Crippen molar-refractivity contribution in [1.29, 1.82) is 0 Å². The van der Waals surface area contributed by atoms with Gasteiger partial charge >= 0.3 is 0 Å². The zero-order valence-electron chi connectivity index (χ0n) is 7.41. The number of hydrogen-bond acceptors (Lipinski definition) is 3. The number of rotatable bonds is 2. The van der Waals surface area contributed by atoms with E-state index in [0.717, 1.165) is 8.04 Å². The lowest BCUT2D eigenvalue weighted by Gasteiger charge is -2.01. The van der Waals surface area contributed by atoms with Crippen LogP contribution in [0.1, 0.15) is 16.1 Å². The molecule has 5 heteroatoms. The average Bonchev–Trinajstić information content (AvgIpc) is 2.74. The van der Waals surface area contributed by atoms with Crippen LogP contribution < -0.4 is 0 Å². The first-order valence-electron chi connectivity index (χ1n) is 4.06. The number of halogens is 2. The molecule has 0 unspecified atom stereocenters. The minimum atomic E-state index is -0.0260. The van der Waals surface area contributed by atoms with Crippen LogP contribution >= 0.6 is 49.9 Å². The van der Waals surface area contributed by atoms with Crippen LogP contribution in [0.5, 0.6) is 0 Å². The molecule has 0 aliphatic rings. The molecule has 15 heavy (non-hydrogen) atoms. The lowest BCUT2D eigenvalue weighted by atomic mass is 10.1. The molecule has 2 rings (SSSR count). The highest BCUT2D eigenvalue weighted by molar-refractivity contribution is 14.1. The Morgan fingerprint density at radius 2 is 2.27 bits per heavy atom. The number of thiazole rings is 1. The van der Waals surface area contributed by atoms with E-state index < -0.39 is 0 Å². The average molecular weight is 394 g/mol. The van der Waals surface area contributed by atoms with Crippen LogP contribution in [0.2, 0.25) is 0 Å². The molecule has 0 atom stereocenters. The number of carbonyl (C=O) groups excluding carboxylic acids is 1. The molecule has 0 bridgehead atoms. The summed E-state index contributed by atoms with van der Waals surface area (Å²) in [7, 11) is 0. The van der Waals surface area contributed by atoms with Gasteiger partial charge in [-0.1, -0.05) is 15.9 Å². The first kappa shape index (κ1) is 11.2. The van der Waals surface area contributed by atoms with E-state index in [0.29, 0.717) is 11.3 Å². The van der Waals surface area contributed by atoms with Gasteiger partial charge in [0.1, 0.15) is 5.69 Å². The van der Waals surface area contributed by atoms with Crippen LogP contribution in [0.4, 0.5) is 0 Å². The summed E-state index contributed by atoms with van der Waals surface area (Å²) >= 11 is 6.93. The van der Waals surface area contributed by atoms with Crippen molar-refractivity contribution in [3.63, 3.8) is 0 Å². The Kier molecular flexibility index (Phi) is 3.53. The van der Waals surface area contributed by atoms with Gasteiger partial charge in [0.2, 0.25) is 5.78 Å². The van der Waals surface area contributed by atoms with Gasteiger partial charge in [-0.05, 0) is 40.8 Å². The number of hydrogen-bond donors (Lipinski definition) is 0. The molecule has 0 saturated carbocycles. The van der Waals surface area contributed by atoms with Gasteiger partial charge in [-0.2, -0.15) is 0 Å². The number of nitrogens with zero attached hydrogens (tertiary/aromatic N) is 1. The molecule has 2 aromatic rings. The second-order valence-corrected chi connectivity index (χ2v) is 5.62. The van der Waals surface area contributed by atoms with Crippen LogP contribution in [0.3, 0.4) is 0 Å². The van der Waals surface area contributed by atoms with Crippen molar-refractivity contribution in [2.24, 2.45) is 0 Å². The molecular formula is C10H5BrINOS. The molecule has 0 spiro atoms. The van der Waals surface area contributed by atoms with Gasteiger partial charge in [0.15, 0.2) is 0 Å². The summed E-state index contributed by atoms with van der Waals surface area (Å²) in [5, 5.41) is 1.76. The fraction of sp³-hybridized carbons (Fsp3) is 0. The molecule has 0 aliphatic carbocycles. The van der Waals surface area contributed by atoms with Crippen molar-refractivity contribution in [1.82, 2.24) is 4.98 Å². The highest BCUT2D eigenvalue weighted by Gasteiger charge is 2.14. The van der Waals surface area contributed by atoms with E-state index >= 15 is 0 Å². The van der Waals surface area contributed by atoms with Gasteiger partial charge in [-0.3, -0.25) is 4.79 Å². The fourth-order valence-electron chi connectivity index (χ4n) is 1.13. The number of carbonyl (C=O) groups is 1. The summed E-state index contributed by atoms with van der Waals surface area (Å²) in [4.78, 5) is 16.0. The van der Waals surface area contributed by atoms with E-state index in [1.807, 2.05) is 18.2 Å². The van der Waals surface area contributed by atoms with E-state index in [-0.39, 0.29) is 5.78 Å². The molecule has 1 aromatic heterocycles. The van der Waals surface area contributed by atoms with E-state index in [9.17, 15) is 4.79 Å². The zero-order valence-corrected chi connectivity index (χ0v) is 12.0. The van der Waals surface area contributed by atoms with Crippen LogP contribution in [-0.2, 0) is 0 Å². The third kappa shape index (κ3) is 2.46. The molecule has 1 heterocycles. The predicted molar refractivity (Wildman–Crippen MR) is 72.4 cm³/mol. The van der Waals surface area contributed by atoms with Gasteiger partial charge in [-0.15, -0.1) is 11.3 Å². The Hall–Kier alpha value is -0.270. The topological polar surface area (TPSA) is 30.0 Å². The second kappa shape index (κ2) is 4.71. The summed E-state index contributed by atoms with van der Waals surface area (Å²) < 4.78 is 1.84. The summed E-state index contributed by atoms with van der Waals surface area (Å²) in [5.41, 5.74) is 2.87. The van der Waals surface area contributed by atoms with Crippen LogP contribution in [0.25, 0.3) is 0 Å². The molecule has 0 amide bonds. The van der Waals surface area contributed by atoms with Crippen molar-refractivity contribution in [3.8, 4) is 0 Å². The maximum Gasteiger partial charge on any atom is 0.213 e. The summed E-state index contributed by atoms with van der Waals surface area (Å²) in [5.74, 6) is -0.0260. The molecule has 0 fully saturated rings. The third-order valence-corrected chi connectivity index (χ3v) is 3.86. The Labute approximate surface area is 113 Å². The van der Waals surface area contributed by atoms with Crippen LogP contribution in [0.15, 0.2) is 33.6 Å². The van der Waals surface area contributed by atoms with E-state index in [4.69, 9.17) is 0 Å². The van der Waals surface area contributed by atoms with Crippen molar-refractivity contribution in [3.05, 3.63) is 48.4 Å². The maximum absolute atomic E-state index is 12.0. The minimum Gasteiger partial charge on any atom is -0.287 e. The number of aromatic nitrogens is 1. The van der Waals surface area contributed by atoms with Gasteiger partial charge in [0.25, 0.3) is 0 Å². The Morgan fingerprint density at radius 3 is 2.93 bits per heavy atom. The van der Waals surface area contributed by atoms with Crippen LogP contribution in [0, 0.1) is 3.57 Å². The molecule has 0 saturated heterocycles. The van der Waals surface area contributed by atoms with E-state index in [1.54, 1.807) is 10.9 Å². The molecule has 76 valence electrons. The molecule has 1 aromatic carbocycles. The highest BCUT2D eigenvalue weighted by atomic mass is 127. The smallest absolute Gasteiger partial charge is 0.213 e. The van der Waals surface area contributed by atoms with Crippen molar-refractivity contribution < 1.29 is 4.79 Å². The first-order valence-corrected chi connectivity index (χ1v) is 6.88. The summed E-state index contributed by atoms with van der Waals surface area (Å²) in [6.45, 7) is 0. The maximum atomic E-state index is 12.0. The van der Waals surface area contributed by atoms with E-state index in [2.05, 4.69) is 43.5 Å². The monoisotopic (exact) mass is 393 g/mol. The Bertz CT molecular complexity index is 498. The van der Waals surface area contributed by atoms with Crippen molar-refractivity contribution >= 4 is 55.6 Å². The largest absolute Gasteiger partial charge is 0.287 e. The highest BCUT2D eigenvalue weighted by Crippen LogP contribution is 2.21. The number of benzene rings is 1. The lowest BCUT2D eigenvalue weighted by Crippen LogP contribution is -2.03. The SMILES string of the molecule is O=C(c1cscn1)c1cc(Br)ccc1I. The van der Waals surface area contributed by atoms with Gasteiger partial charge in [0, 0.05) is 19.0 Å². The normalized spacial score (nSPS) is 10.3. The summed E-state index contributed by atoms with van der Waals surface area (Å²) in [6, 6.07) is 5.65. The predicted octanol–water partition coefficient (Wildman–Crippen LogP) is 3.74. The van der Waals surface area contributed by atoms with Gasteiger partial charge in [0.05, 0.1) is 5.51 Å². The quantitative estimate of drug-likeness (QED) is 0.574. The standard InChI is InChI=1S/C10H5BrINOS/c11-6-1-2-8(12)7(3-6)10(14)9-4-15-5-13-9/h1-5H. The summed E-state index contributed by atoms with van der Waals surface area (Å²) in [6.07, 6.45) is 0. The Balaban J connectivity index is 2.46. The van der Waals surface area contributed by atoms with Gasteiger partial charge < -0.3 is 0 Å². The fourth-order valence-corrected chi connectivity index (χ4v) is 2.61. The van der Waals surface area contributed by atoms with Crippen molar-refractivity contribution in [2.75, 3.05) is 0 Å². The molecular weight excluding hydrogens is 389 g/mol. The Morgan fingerprint density at radius 1 is 1.47 bits per heavy atom. The minimum absolute atomic E-state index is 0.0260. The van der Waals surface area contributed by atoms with Gasteiger partial charge in [-0.25, -0.2) is 4.98 Å². The third-order valence-electron chi connectivity index (χ3n) is 1.84. The first-order chi connectivity index (χ1) is 7.18. The number of ketones is 1. The second-order valence-electron chi connectivity index (χ2n) is 2.83. The molecule has 0 N–H and O–H groups in total. The van der Waals surface area contributed by atoms with Crippen LogP contribution in [-0.4, -0.2) is 10.8 Å². The van der Waals surface area contributed by atoms with Crippen molar-refractivity contribution in [2.45, 2.75) is 0 Å².